The molecule has 1 saturated carbocycles. The summed E-state index contributed by atoms with van der Waals surface area (Å²) in [5, 5.41) is 11.5. The van der Waals surface area contributed by atoms with Gasteiger partial charge in [-0.25, -0.2) is 0 Å². The Morgan fingerprint density at radius 2 is 2.11 bits per heavy atom. The number of nitrogens with zero attached hydrogens (tertiary/aromatic N) is 3. The van der Waals surface area contributed by atoms with E-state index < -0.39 is 0 Å². The Hall–Kier alpha value is -2.29. The summed E-state index contributed by atoms with van der Waals surface area (Å²) in [5.74, 6) is 0. The predicted molar refractivity (Wildman–Crippen MR) is 117 cm³/mol. The number of nitriles is 1. The van der Waals surface area contributed by atoms with Crippen molar-refractivity contribution >= 4 is 22.9 Å². The maximum atomic E-state index is 9.45. The van der Waals surface area contributed by atoms with E-state index in [1.54, 1.807) is 12.4 Å². The van der Waals surface area contributed by atoms with E-state index in [1.807, 2.05) is 18.0 Å². The van der Waals surface area contributed by atoms with E-state index in [4.69, 9.17) is 0 Å². The van der Waals surface area contributed by atoms with Crippen molar-refractivity contribution in [1.29, 1.82) is 5.26 Å². The summed E-state index contributed by atoms with van der Waals surface area (Å²) in [4.78, 5) is 4.09. The topological polar surface area (TPSA) is 53.6 Å². The Bertz CT molecular complexity index is 1030. The Morgan fingerprint density at radius 1 is 1.29 bits per heavy atom. The highest BCUT2D eigenvalue weighted by molar-refractivity contribution is 7.98. The summed E-state index contributed by atoms with van der Waals surface area (Å²) in [7, 11) is 0. The van der Waals surface area contributed by atoms with Crippen LogP contribution in [0.25, 0.3) is 22.0 Å². The summed E-state index contributed by atoms with van der Waals surface area (Å²) in [6.45, 7) is 8.61. The molecule has 0 aliphatic heterocycles. The van der Waals surface area contributed by atoms with Crippen LogP contribution in [0, 0.1) is 16.7 Å². The van der Waals surface area contributed by atoms with Crippen LogP contribution < -0.4 is 4.72 Å². The molecule has 1 fully saturated rings. The van der Waals surface area contributed by atoms with Crippen molar-refractivity contribution < 1.29 is 0 Å². The van der Waals surface area contributed by atoms with Gasteiger partial charge in [-0.15, -0.1) is 0 Å². The minimum Gasteiger partial charge on any atom is -0.347 e. The average Bonchev–Trinajstić information content (AvgIpc) is 3.43. The van der Waals surface area contributed by atoms with Gasteiger partial charge < -0.3 is 4.57 Å². The third-order valence-electron chi connectivity index (χ3n) is 4.90. The lowest BCUT2D eigenvalue weighted by atomic mass is 9.96. The molecule has 0 spiro atoms. The average molecular weight is 391 g/mol. The van der Waals surface area contributed by atoms with Gasteiger partial charge in [0.2, 0.25) is 0 Å². The molecule has 28 heavy (non-hydrogen) atoms. The van der Waals surface area contributed by atoms with Crippen LogP contribution in [0.4, 0.5) is 0 Å². The van der Waals surface area contributed by atoms with E-state index in [-0.39, 0.29) is 5.41 Å². The first-order valence-electron chi connectivity index (χ1n) is 9.79. The van der Waals surface area contributed by atoms with Gasteiger partial charge in [-0.1, -0.05) is 44.9 Å². The van der Waals surface area contributed by atoms with Crippen LogP contribution in [-0.2, 0) is 13.1 Å². The van der Waals surface area contributed by atoms with Gasteiger partial charge in [0, 0.05) is 53.4 Å². The van der Waals surface area contributed by atoms with Crippen LogP contribution in [0.1, 0.15) is 44.7 Å². The number of hydrogen-bond acceptors (Lipinski definition) is 4. The summed E-state index contributed by atoms with van der Waals surface area (Å²) in [5.41, 5.74) is 5.34. The molecule has 4 rings (SSSR count). The van der Waals surface area contributed by atoms with Crippen LogP contribution in [0.3, 0.4) is 0 Å². The van der Waals surface area contributed by atoms with Crippen molar-refractivity contribution in [1.82, 2.24) is 14.3 Å². The van der Waals surface area contributed by atoms with Gasteiger partial charge in [-0.2, -0.15) is 5.26 Å². The van der Waals surface area contributed by atoms with Crippen molar-refractivity contribution in [2.75, 3.05) is 0 Å². The van der Waals surface area contributed by atoms with Gasteiger partial charge in [0.25, 0.3) is 0 Å². The molecule has 0 unspecified atom stereocenters. The third kappa shape index (κ3) is 4.24. The molecular weight excluding hydrogens is 364 g/mol. The monoisotopic (exact) mass is 390 g/mol. The maximum absolute atomic E-state index is 9.45. The molecule has 1 N–H and O–H groups in total. The zero-order chi connectivity index (χ0) is 19.7. The Kier molecular flexibility index (Phi) is 5.18. The first-order chi connectivity index (χ1) is 13.4. The largest absolute Gasteiger partial charge is 0.347 e. The van der Waals surface area contributed by atoms with Crippen LogP contribution in [0.2, 0.25) is 0 Å². The number of hydrogen-bond donors (Lipinski definition) is 1. The van der Waals surface area contributed by atoms with E-state index in [1.165, 1.54) is 29.3 Å². The molecule has 5 heteroatoms. The normalized spacial score (nSPS) is 14.4. The van der Waals surface area contributed by atoms with Crippen molar-refractivity contribution in [3.63, 3.8) is 0 Å². The summed E-state index contributed by atoms with van der Waals surface area (Å²) in [6, 6.07) is 10.7. The fourth-order valence-corrected chi connectivity index (χ4v) is 4.32. The molecule has 3 aromatic rings. The lowest BCUT2D eigenvalue weighted by Gasteiger charge is -2.20. The van der Waals surface area contributed by atoms with Gasteiger partial charge in [-0.05, 0) is 41.5 Å². The van der Waals surface area contributed by atoms with Crippen molar-refractivity contribution in [2.24, 2.45) is 5.41 Å². The fourth-order valence-electron chi connectivity index (χ4n) is 3.48. The van der Waals surface area contributed by atoms with E-state index in [9.17, 15) is 5.26 Å². The molecule has 0 bridgehead atoms. The van der Waals surface area contributed by atoms with Gasteiger partial charge in [0.05, 0.1) is 5.56 Å². The molecule has 4 nitrogen and oxygen atoms in total. The number of pyridine rings is 1. The van der Waals surface area contributed by atoms with Gasteiger partial charge >= 0.3 is 0 Å². The maximum Gasteiger partial charge on any atom is 0.101 e. The second kappa shape index (κ2) is 7.62. The molecule has 1 aliphatic rings. The minimum atomic E-state index is 0.184. The third-order valence-corrected chi connectivity index (χ3v) is 6.01. The lowest BCUT2D eigenvalue weighted by Crippen LogP contribution is -2.14. The molecule has 0 saturated heterocycles. The SMILES string of the molecule is CC(C)(C)Cn1cc(CNSC2CC2)c2ccc(-c3ccncc3C#N)cc21. The molecule has 2 heterocycles. The molecule has 2 aromatic heterocycles. The quantitative estimate of drug-likeness (QED) is 0.563. The standard InChI is InChI=1S/C23H26N4S/c1-23(2,3)15-27-14-18(13-26-28-19-5-6-19)21-7-4-16(10-22(21)27)20-8-9-25-12-17(20)11-24/h4,7-10,12,14,19,26H,5-6,13,15H2,1-3H3. The highest BCUT2D eigenvalue weighted by atomic mass is 32.2. The van der Waals surface area contributed by atoms with Crippen molar-refractivity contribution in [2.45, 2.75) is 52.0 Å². The molecule has 0 radical (unpaired) electrons. The Balaban J connectivity index is 1.74. The van der Waals surface area contributed by atoms with Gasteiger partial charge in [0.15, 0.2) is 0 Å². The van der Waals surface area contributed by atoms with E-state index in [0.717, 1.165) is 29.5 Å². The van der Waals surface area contributed by atoms with E-state index in [2.05, 4.69) is 65.5 Å². The molecular formula is C23H26N4S. The van der Waals surface area contributed by atoms with Crippen LogP contribution in [0.5, 0.6) is 0 Å². The second-order valence-electron chi connectivity index (χ2n) is 8.75. The number of aromatic nitrogens is 2. The first kappa shape index (κ1) is 19.0. The molecule has 1 aliphatic carbocycles. The van der Waals surface area contributed by atoms with Crippen LogP contribution in [0.15, 0.2) is 42.9 Å². The zero-order valence-electron chi connectivity index (χ0n) is 16.7. The number of benzene rings is 1. The Morgan fingerprint density at radius 3 is 2.82 bits per heavy atom. The molecule has 1 aromatic carbocycles. The zero-order valence-corrected chi connectivity index (χ0v) is 17.5. The van der Waals surface area contributed by atoms with Crippen LogP contribution >= 0.6 is 11.9 Å². The fraction of sp³-hybridized carbons (Fsp3) is 0.391. The molecule has 144 valence electrons. The highest BCUT2D eigenvalue weighted by Crippen LogP contribution is 2.34. The summed E-state index contributed by atoms with van der Waals surface area (Å²) >= 11 is 1.87. The summed E-state index contributed by atoms with van der Waals surface area (Å²) < 4.78 is 5.91. The van der Waals surface area contributed by atoms with Crippen LogP contribution in [-0.4, -0.2) is 14.8 Å². The van der Waals surface area contributed by atoms with Gasteiger partial charge in [-0.3, -0.25) is 9.71 Å². The molecule has 0 atom stereocenters. The highest BCUT2D eigenvalue weighted by Gasteiger charge is 2.22. The lowest BCUT2D eigenvalue weighted by molar-refractivity contribution is 0.349. The second-order valence-corrected chi connectivity index (χ2v) is 9.94. The van der Waals surface area contributed by atoms with Gasteiger partial charge in [0.1, 0.15) is 6.07 Å². The predicted octanol–water partition coefficient (Wildman–Crippen LogP) is 5.52. The summed E-state index contributed by atoms with van der Waals surface area (Å²) in [6.07, 6.45) is 8.34. The minimum absolute atomic E-state index is 0.184. The Labute approximate surface area is 171 Å². The number of nitrogens with one attached hydrogen (secondary N) is 1. The van der Waals surface area contributed by atoms with E-state index >= 15 is 0 Å². The smallest absolute Gasteiger partial charge is 0.101 e. The van der Waals surface area contributed by atoms with Crippen molar-refractivity contribution in [3.05, 3.63) is 54.0 Å². The number of fused-ring (bicyclic) bond motifs is 1. The number of rotatable bonds is 6. The first-order valence-corrected chi connectivity index (χ1v) is 10.7. The van der Waals surface area contributed by atoms with E-state index in [0.29, 0.717) is 5.56 Å². The molecule has 0 amide bonds. The van der Waals surface area contributed by atoms with Crippen molar-refractivity contribution in [3.8, 4) is 17.2 Å².